The molecule has 2 heterocycles. The van der Waals surface area contributed by atoms with E-state index in [1.165, 1.54) is 18.5 Å². The van der Waals surface area contributed by atoms with Crippen molar-refractivity contribution in [3.63, 3.8) is 0 Å². The summed E-state index contributed by atoms with van der Waals surface area (Å²) in [5, 5.41) is 13.2. The van der Waals surface area contributed by atoms with Crippen LogP contribution in [0.4, 0.5) is 22.1 Å². The highest BCUT2D eigenvalue weighted by molar-refractivity contribution is 7.90. The van der Waals surface area contributed by atoms with Gasteiger partial charge in [-0.3, -0.25) is 5.32 Å². The van der Waals surface area contributed by atoms with E-state index in [1.54, 1.807) is 60.3 Å². The van der Waals surface area contributed by atoms with Crippen LogP contribution in [0.3, 0.4) is 0 Å². The molecular weight excluding hydrogens is 506 g/mol. The molecule has 0 aliphatic rings. The predicted octanol–water partition coefficient (Wildman–Crippen LogP) is 4.84. The Kier molecular flexibility index (Phi) is 7.35. The molecule has 3 N–H and O–H groups in total. The summed E-state index contributed by atoms with van der Waals surface area (Å²) in [6, 6.07) is 16.1. The number of aromatic nitrogens is 4. The maximum Gasteiger partial charge on any atom is 0.324 e. The highest BCUT2D eigenvalue weighted by Crippen LogP contribution is 2.27. The lowest BCUT2D eigenvalue weighted by molar-refractivity contribution is 0.262. The van der Waals surface area contributed by atoms with Crippen LogP contribution in [0.5, 0.6) is 11.6 Å². The number of carbonyl (C=O) groups is 1. The number of hydrogen-bond acceptors (Lipinski definition) is 8. The summed E-state index contributed by atoms with van der Waals surface area (Å²) in [5.41, 5.74) is 1.63. The molecule has 0 fully saturated rings. The quantitative estimate of drug-likeness (QED) is 0.305. The van der Waals surface area contributed by atoms with Gasteiger partial charge in [-0.2, -0.15) is 5.10 Å². The summed E-state index contributed by atoms with van der Waals surface area (Å²) in [4.78, 5) is 21.2. The average Bonchev–Trinajstić information content (AvgIpc) is 3.29. The van der Waals surface area contributed by atoms with Crippen molar-refractivity contribution in [1.82, 2.24) is 19.7 Å². The second kappa shape index (κ2) is 10.5. The van der Waals surface area contributed by atoms with Crippen molar-refractivity contribution < 1.29 is 17.9 Å². The summed E-state index contributed by atoms with van der Waals surface area (Å²) in [6.07, 6.45) is 2.55. The topological polar surface area (TPSA) is 140 Å². The van der Waals surface area contributed by atoms with E-state index in [1.807, 2.05) is 20.8 Å². The molecule has 0 saturated carbocycles. The van der Waals surface area contributed by atoms with Gasteiger partial charge in [0.25, 0.3) is 0 Å². The molecule has 2 amide bonds. The predicted molar refractivity (Wildman–Crippen MR) is 146 cm³/mol. The Hall–Kier alpha value is -4.45. The lowest BCUT2D eigenvalue weighted by atomic mass is 9.92. The highest BCUT2D eigenvalue weighted by atomic mass is 32.2. The van der Waals surface area contributed by atoms with E-state index in [0.29, 0.717) is 34.6 Å². The number of hydrogen-bond donors (Lipinski definition) is 3. The molecule has 11 nitrogen and oxygen atoms in total. The molecule has 2 aromatic carbocycles. The van der Waals surface area contributed by atoms with Crippen LogP contribution in [-0.2, 0) is 15.3 Å². The molecule has 0 spiro atoms. The van der Waals surface area contributed by atoms with Crippen molar-refractivity contribution in [2.45, 2.75) is 31.1 Å². The van der Waals surface area contributed by atoms with E-state index in [-0.39, 0.29) is 10.3 Å². The molecule has 198 valence electrons. The van der Waals surface area contributed by atoms with Gasteiger partial charge in [0.15, 0.2) is 9.84 Å². The fourth-order valence-electron chi connectivity index (χ4n) is 3.41. The molecule has 12 heteroatoms. The largest absolute Gasteiger partial charge is 0.439 e. The van der Waals surface area contributed by atoms with Crippen LogP contribution in [0.15, 0.2) is 71.9 Å². The SMILES string of the molecule is CNc1cc(Oc2ccc(NC(=O)Nc3cc(C(C)(C)C)nn3-c3ccc(S(C)(=O)=O)cc3)cc2)ncn1. The maximum absolute atomic E-state index is 12.9. The van der Waals surface area contributed by atoms with Crippen LogP contribution in [0, 0.1) is 0 Å². The third-order valence-electron chi connectivity index (χ3n) is 5.46. The smallest absolute Gasteiger partial charge is 0.324 e. The number of amides is 2. The first-order valence-corrected chi connectivity index (χ1v) is 13.6. The number of rotatable bonds is 7. The number of sulfone groups is 1. The molecule has 0 atom stereocenters. The zero-order valence-corrected chi connectivity index (χ0v) is 22.5. The summed E-state index contributed by atoms with van der Waals surface area (Å²) in [5.74, 6) is 1.99. The fraction of sp³-hybridized carbons (Fsp3) is 0.231. The van der Waals surface area contributed by atoms with Crippen LogP contribution in [0.2, 0.25) is 0 Å². The van der Waals surface area contributed by atoms with Crippen LogP contribution in [0.1, 0.15) is 26.5 Å². The van der Waals surface area contributed by atoms with Crippen molar-refractivity contribution in [3.05, 3.63) is 72.7 Å². The third-order valence-corrected chi connectivity index (χ3v) is 6.59. The Balaban J connectivity index is 1.50. The number of urea groups is 1. The number of carbonyl (C=O) groups excluding carboxylic acids is 1. The fourth-order valence-corrected chi connectivity index (χ4v) is 4.04. The number of nitrogens with one attached hydrogen (secondary N) is 3. The lowest BCUT2D eigenvalue weighted by Gasteiger charge is -2.14. The molecular formula is C26H29N7O4S. The second-order valence-corrected chi connectivity index (χ2v) is 11.6. The van der Waals surface area contributed by atoms with Gasteiger partial charge in [0, 0.05) is 36.5 Å². The van der Waals surface area contributed by atoms with Crippen LogP contribution >= 0.6 is 0 Å². The van der Waals surface area contributed by atoms with Crippen molar-refractivity contribution in [3.8, 4) is 17.3 Å². The summed E-state index contributed by atoms with van der Waals surface area (Å²) >= 11 is 0. The Labute approximate surface area is 221 Å². The van der Waals surface area contributed by atoms with E-state index in [4.69, 9.17) is 4.74 Å². The van der Waals surface area contributed by atoms with Gasteiger partial charge in [-0.15, -0.1) is 0 Å². The monoisotopic (exact) mass is 535 g/mol. The molecule has 0 radical (unpaired) electrons. The van der Waals surface area contributed by atoms with Gasteiger partial charge in [-0.05, 0) is 48.5 Å². The Morgan fingerprint density at radius 3 is 2.24 bits per heavy atom. The molecule has 4 aromatic rings. The zero-order valence-electron chi connectivity index (χ0n) is 21.7. The molecule has 4 rings (SSSR count). The minimum absolute atomic E-state index is 0.200. The number of anilines is 3. The summed E-state index contributed by atoms with van der Waals surface area (Å²) in [7, 11) is -1.58. The Morgan fingerprint density at radius 2 is 1.63 bits per heavy atom. The number of benzene rings is 2. The van der Waals surface area contributed by atoms with E-state index in [0.717, 1.165) is 11.9 Å². The molecule has 2 aromatic heterocycles. The van der Waals surface area contributed by atoms with E-state index < -0.39 is 15.9 Å². The average molecular weight is 536 g/mol. The first kappa shape index (κ1) is 26.6. The normalized spacial score (nSPS) is 11.6. The zero-order chi connectivity index (χ0) is 27.5. The summed E-state index contributed by atoms with van der Waals surface area (Å²) in [6.45, 7) is 6.04. The van der Waals surface area contributed by atoms with Crippen molar-refractivity contribution in [2.75, 3.05) is 29.3 Å². The maximum atomic E-state index is 12.9. The van der Waals surface area contributed by atoms with Gasteiger partial charge in [0.1, 0.15) is 23.7 Å². The summed E-state index contributed by atoms with van der Waals surface area (Å²) < 4.78 is 31.0. The number of nitrogens with zero attached hydrogens (tertiary/aromatic N) is 4. The van der Waals surface area contributed by atoms with Gasteiger partial charge in [0.05, 0.1) is 16.3 Å². The third kappa shape index (κ3) is 6.45. The van der Waals surface area contributed by atoms with Crippen LogP contribution < -0.4 is 20.7 Å². The van der Waals surface area contributed by atoms with Crippen LogP contribution in [0.25, 0.3) is 5.69 Å². The second-order valence-electron chi connectivity index (χ2n) is 9.54. The molecule has 0 aliphatic heterocycles. The molecule has 38 heavy (non-hydrogen) atoms. The molecule has 0 aliphatic carbocycles. The minimum Gasteiger partial charge on any atom is -0.439 e. The van der Waals surface area contributed by atoms with Crippen molar-refractivity contribution in [1.29, 1.82) is 0 Å². The molecule has 0 bridgehead atoms. The molecule has 0 unspecified atom stereocenters. The van der Waals surface area contributed by atoms with Crippen molar-refractivity contribution >= 4 is 33.2 Å². The highest BCUT2D eigenvalue weighted by Gasteiger charge is 2.22. The van der Waals surface area contributed by atoms with Gasteiger partial charge in [0.2, 0.25) is 5.88 Å². The van der Waals surface area contributed by atoms with Crippen molar-refractivity contribution in [2.24, 2.45) is 0 Å². The van der Waals surface area contributed by atoms with Gasteiger partial charge in [-0.1, -0.05) is 20.8 Å². The number of ether oxygens (including phenoxy) is 1. The van der Waals surface area contributed by atoms with Gasteiger partial charge < -0.3 is 15.4 Å². The Bertz CT molecular complexity index is 1540. The van der Waals surface area contributed by atoms with E-state index >= 15 is 0 Å². The minimum atomic E-state index is -3.34. The Morgan fingerprint density at radius 1 is 0.947 bits per heavy atom. The first-order chi connectivity index (χ1) is 17.9. The van der Waals surface area contributed by atoms with E-state index in [9.17, 15) is 13.2 Å². The van der Waals surface area contributed by atoms with E-state index in [2.05, 4.69) is 31.0 Å². The first-order valence-electron chi connectivity index (χ1n) is 11.7. The van der Waals surface area contributed by atoms with Gasteiger partial charge >= 0.3 is 6.03 Å². The standard InChI is InChI=1S/C26H29N7O4S/c1-26(2,3)21-14-23(33(32-21)18-8-12-20(13-9-18)38(5,35)36)31-25(34)30-17-6-10-19(11-7-17)37-24-15-22(27-4)28-16-29-24/h6-16H,1-5H3,(H,27,28,29)(H2,30,31,34). The van der Waals surface area contributed by atoms with Gasteiger partial charge in [-0.25, -0.2) is 27.9 Å². The lowest BCUT2D eigenvalue weighted by Crippen LogP contribution is -2.21. The molecule has 0 saturated heterocycles. The van der Waals surface area contributed by atoms with Crippen LogP contribution in [-0.4, -0.2) is 47.5 Å².